The fraction of sp³-hybridized carbons (Fsp3) is 0.125. The van der Waals surface area contributed by atoms with Gasteiger partial charge in [-0.3, -0.25) is 4.98 Å². The van der Waals surface area contributed by atoms with Gasteiger partial charge in [0, 0.05) is 18.1 Å². The molecule has 0 spiro atoms. The molecular formula is C16H15N5S. The molecule has 0 saturated heterocycles. The number of thioether (sulfide) groups is 1. The van der Waals surface area contributed by atoms with Crippen LogP contribution in [0, 0.1) is 6.92 Å². The summed E-state index contributed by atoms with van der Waals surface area (Å²) in [4.78, 5) is 3.98. The Hall–Kier alpha value is -2.47. The van der Waals surface area contributed by atoms with E-state index in [2.05, 4.69) is 51.5 Å². The molecular weight excluding hydrogens is 294 g/mol. The zero-order valence-corrected chi connectivity index (χ0v) is 12.9. The lowest BCUT2D eigenvalue weighted by Crippen LogP contribution is -1.93. The van der Waals surface area contributed by atoms with Crippen molar-refractivity contribution in [3.8, 4) is 0 Å². The maximum absolute atomic E-state index is 4.38. The highest BCUT2D eigenvalue weighted by atomic mass is 32.2. The number of hydrogen-bond donors (Lipinski definition) is 0. The van der Waals surface area contributed by atoms with Gasteiger partial charge in [0.2, 0.25) is 5.16 Å². The van der Waals surface area contributed by atoms with Gasteiger partial charge in [-0.25, -0.2) is 0 Å². The molecule has 0 saturated carbocycles. The molecule has 6 heteroatoms. The van der Waals surface area contributed by atoms with Crippen molar-refractivity contribution in [1.29, 1.82) is 0 Å². The minimum absolute atomic E-state index is 0.769. The number of hydrogen-bond acceptors (Lipinski definition) is 5. The van der Waals surface area contributed by atoms with Gasteiger partial charge in [-0.15, -0.1) is 10.2 Å². The Kier molecular flexibility index (Phi) is 4.60. The number of aryl methyl sites for hydroxylation is 1. The lowest BCUT2D eigenvalue weighted by Gasteiger charge is -2.02. The summed E-state index contributed by atoms with van der Waals surface area (Å²) in [7, 11) is 0. The first-order valence-corrected chi connectivity index (χ1v) is 7.82. The number of benzene rings is 1. The Morgan fingerprint density at radius 2 is 1.91 bits per heavy atom. The maximum atomic E-state index is 4.38. The molecule has 0 atom stereocenters. The summed E-state index contributed by atoms with van der Waals surface area (Å²) in [5.74, 6) is 0.837. The third-order valence-corrected chi connectivity index (χ3v) is 4.03. The van der Waals surface area contributed by atoms with Crippen LogP contribution in [0.1, 0.15) is 16.7 Å². The average molecular weight is 309 g/mol. The molecule has 0 aliphatic rings. The summed E-state index contributed by atoms with van der Waals surface area (Å²) in [6, 6.07) is 12.3. The van der Waals surface area contributed by atoms with E-state index in [1.54, 1.807) is 41.4 Å². The number of aromatic nitrogens is 4. The van der Waals surface area contributed by atoms with Crippen molar-refractivity contribution in [2.24, 2.45) is 5.10 Å². The van der Waals surface area contributed by atoms with E-state index >= 15 is 0 Å². The van der Waals surface area contributed by atoms with E-state index in [4.69, 9.17) is 0 Å². The summed E-state index contributed by atoms with van der Waals surface area (Å²) in [6.07, 6.45) is 6.84. The van der Waals surface area contributed by atoms with Gasteiger partial charge in [0.25, 0.3) is 0 Å². The van der Waals surface area contributed by atoms with E-state index in [1.807, 2.05) is 12.1 Å². The molecule has 0 N–H and O–H groups in total. The Morgan fingerprint density at radius 3 is 2.68 bits per heavy atom. The summed E-state index contributed by atoms with van der Waals surface area (Å²) in [6.45, 7) is 2.08. The summed E-state index contributed by atoms with van der Waals surface area (Å²) < 4.78 is 1.68. The predicted molar refractivity (Wildman–Crippen MR) is 88.0 cm³/mol. The molecule has 0 amide bonds. The van der Waals surface area contributed by atoms with Crippen molar-refractivity contribution in [2.45, 2.75) is 17.8 Å². The van der Waals surface area contributed by atoms with Gasteiger partial charge in [-0.05, 0) is 30.2 Å². The first-order chi connectivity index (χ1) is 10.8. The van der Waals surface area contributed by atoms with Gasteiger partial charge in [0.15, 0.2) is 0 Å². The average Bonchev–Trinajstić information content (AvgIpc) is 3.01. The van der Waals surface area contributed by atoms with Crippen LogP contribution in [0.2, 0.25) is 0 Å². The molecule has 5 nitrogen and oxygen atoms in total. The lowest BCUT2D eigenvalue weighted by atomic mass is 10.2. The van der Waals surface area contributed by atoms with Crippen molar-refractivity contribution >= 4 is 18.0 Å². The van der Waals surface area contributed by atoms with Gasteiger partial charge < -0.3 is 0 Å². The molecule has 0 fully saturated rings. The molecule has 2 aromatic heterocycles. The highest BCUT2D eigenvalue weighted by Gasteiger charge is 2.04. The molecule has 0 radical (unpaired) electrons. The van der Waals surface area contributed by atoms with Crippen LogP contribution in [0.5, 0.6) is 0 Å². The molecule has 110 valence electrons. The van der Waals surface area contributed by atoms with E-state index in [0.29, 0.717) is 0 Å². The molecule has 3 rings (SSSR count). The van der Waals surface area contributed by atoms with Crippen molar-refractivity contribution in [3.63, 3.8) is 0 Å². The van der Waals surface area contributed by atoms with E-state index in [9.17, 15) is 0 Å². The number of rotatable bonds is 5. The Balaban J connectivity index is 1.67. The van der Waals surface area contributed by atoms with Crippen LogP contribution in [0.15, 0.2) is 65.4 Å². The first-order valence-electron chi connectivity index (χ1n) is 6.84. The second-order valence-corrected chi connectivity index (χ2v) is 5.70. The summed E-state index contributed by atoms with van der Waals surface area (Å²) in [5, 5.41) is 13.2. The minimum atomic E-state index is 0.769. The van der Waals surface area contributed by atoms with Crippen molar-refractivity contribution in [3.05, 3.63) is 71.8 Å². The van der Waals surface area contributed by atoms with Crippen LogP contribution in [-0.2, 0) is 5.75 Å². The molecule has 0 unspecified atom stereocenters. The summed E-state index contributed by atoms with van der Waals surface area (Å²) >= 11 is 1.61. The quantitative estimate of drug-likeness (QED) is 0.536. The van der Waals surface area contributed by atoms with Gasteiger partial charge in [-0.1, -0.05) is 41.6 Å². The van der Waals surface area contributed by atoms with Crippen LogP contribution in [-0.4, -0.2) is 26.1 Å². The predicted octanol–water partition coefficient (Wildman–Crippen LogP) is 3.16. The largest absolute Gasteiger partial charge is 0.265 e. The Bertz CT molecular complexity index is 750. The van der Waals surface area contributed by atoms with Gasteiger partial charge >= 0.3 is 0 Å². The van der Waals surface area contributed by atoms with E-state index in [0.717, 1.165) is 16.5 Å². The van der Waals surface area contributed by atoms with Crippen LogP contribution >= 0.6 is 11.8 Å². The maximum Gasteiger partial charge on any atom is 0.212 e. The fourth-order valence-electron chi connectivity index (χ4n) is 1.80. The van der Waals surface area contributed by atoms with Gasteiger partial charge in [-0.2, -0.15) is 9.78 Å². The number of pyridine rings is 1. The van der Waals surface area contributed by atoms with Crippen molar-refractivity contribution < 1.29 is 0 Å². The standard InChI is InChI=1S/C16H15N5S/c1-13-2-4-15(5-3-13)11-22-16-20-18-12-21(16)19-10-14-6-8-17-9-7-14/h2-10,12H,11H2,1H3/b19-10+. The van der Waals surface area contributed by atoms with Crippen LogP contribution in [0.4, 0.5) is 0 Å². The first kappa shape index (κ1) is 14.5. The van der Waals surface area contributed by atoms with Crippen LogP contribution in [0.3, 0.4) is 0 Å². The molecule has 22 heavy (non-hydrogen) atoms. The third-order valence-electron chi connectivity index (χ3n) is 3.03. The second kappa shape index (κ2) is 7.00. The van der Waals surface area contributed by atoms with Gasteiger partial charge in [0.05, 0.1) is 6.21 Å². The Labute approximate surface area is 133 Å². The minimum Gasteiger partial charge on any atom is -0.265 e. The highest BCUT2D eigenvalue weighted by Crippen LogP contribution is 2.20. The SMILES string of the molecule is Cc1ccc(CSc2nncn2/N=C/c2ccncc2)cc1. The zero-order valence-electron chi connectivity index (χ0n) is 12.1. The molecule has 1 aromatic carbocycles. The zero-order chi connectivity index (χ0) is 15.2. The molecule has 0 aliphatic carbocycles. The lowest BCUT2D eigenvalue weighted by molar-refractivity contribution is 0.767. The van der Waals surface area contributed by atoms with Crippen LogP contribution < -0.4 is 0 Å². The normalized spacial score (nSPS) is 11.1. The Morgan fingerprint density at radius 1 is 1.14 bits per heavy atom. The third kappa shape index (κ3) is 3.79. The van der Waals surface area contributed by atoms with E-state index in [-0.39, 0.29) is 0 Å². The van der Waals surface area contributed by atoms with Gasteiger partial charge in [0.1, 0.15) is 6.33 Å². The fourth-order valence-corrected chi connectivity index (χ4v) is 2.62. The smallest absolute Gasteiger partial charge is 0.212 e. The molecule has 0 aliphatic heterocycles. The molecule has 0 bridgehead atoms. The molecule has 3 aromatic rings. The highest BCUT2D eigenvalue weighted by molar-refractivity contribution is 7.98. The summed E-state index contributed by atoms with van der Waals surface area (Å²) in [5.41, 5.74) is 3.50. The monoisotopic (exact) mass is 309 g/mol. The topological polar surface area (TPSA) is 56.0 Å². The van der Waals surface area contributed by atoms with Crippen molar-refractivity contribution in [1.82, 2.24) is 19.9 Å². The number of nitrogens with zero attached hydrogens (tertiary/aromatic N) is 5. The van der Waals surface area contributed by atoms with Crippen molar-refractivity contribution in [2.75, 3.05) is 0 Å². The second-order valence-electron chi connectivity index (χ2n) is 4.76. The van der Waals surface area contributed by atoms with E-state index < -0.39 is 0 Å². The van der Waals surface area contributed by atoms with Crippen LogP contribution in [0.25, 0.3) is 0 Å². The molecule has 2 heterocycles. The van der Waals surface area contributed by atoms with E-state index in [1.165, 1.54) is 11.1 Å².